The summed E-state index contributed by atoms with van der Waals surface area (Å²) in [7, 11) is 0. The van der Waals surface area contributed by atoms with Crippen LogP contribution in [-0.4, -0.2) is 25.0 Å². The van der Waals surface area contributed by atoms with Gasteiger partial charge in [-0.25, -0.2) is 4.79 Å². The highest BCUT2D eigenvalue weighted by Crippen LogP contribution is 2.05. The number of carbonyl (C=O) groups excluding carboxylic acids is 2. The molecule has 0 aliphatic rings. The number of nitrogens with zero attached hydrogens (tertiary/aromatic N) is 1. The van der Waals surface area contributed by atoms with Crippen LogP contribution >= 0.6 is 0 Å². The molecule has 1 N–H and O–H groups in total. The molecule has 0 aromatic heterocycles. The van der Waals surface area contributed by atoms with E-state index < -0.39 is 5.97 Å². The maximum atomic E-state index is 11.7. The van der Waals surface area contributed by atoms with Crippen LogP contribution in [-0.2, 0) is 9.53 Å². The normalized spacial score (nSPS) is 9.90. The fraction of sp³-hybridized carbons (Fsp3) is 0.400. The maximum Gasteiger partial charge on any atom is 0.338 e. The Morgan fingerprint density at radius 2 is 2.15 bits per heavy atom. The Bertz CT molecular complexity index is 518. The smallest absolute Gasteiger partial charge is 0.338 e. The molecule has 5 nitrogen and oxygen atoms in total. The van der Waals surface area contributed by atoms with E-state index in [-0.39, 0.29) is 18.1 Å². The zero-order chi connectivity index (χ0) is 15.0. The standard InChI is InChI=1S/C15H18N2O3/c1-11(2)6-7-17-14(18)10-20-15(19)13-5-3-4-12(8-13)9-16/h3-5,8,11H,6-7,10H2,1-2H3,(H,17,18). The fourth-order valence-corrected chi connectivity index (χ4v) is 1.48. The van der Waals surface area contributed by atoms with Gasteiger partial charge in [0.05, 0.1) is 17.2 Å². The number of nitriles is 1. The molecule has 1 rings (SSSR count). The van der Waals surface area contributed by atoms with Crippen LogP contribution in [0.15, 0.2) is 24.3 Å². The molecular formula is C15H18N2O3. The molecule has 0 radical (unpaired) electrons. The fourth-order valence-electron chi connectivity index (χ4n) is 1.48. The highest BCUT2D eigenvalue weighted by molar-refractivity contribution is 5.91. The van der Waals surface area contributed by atoms with Gasteiger partial charge < -0.3 is 10.1 Å². The summed E-state index contributed by atoms with van der Waals surface area (Å²) in [4.78, 5) is 23.1. The maximum absolute atomic E-state index is 11.7. The highest BCUT2D eigenvalue weighted by atomic mass is 16.5. The Kier molecular flexibility index (Phi) is 6.24. The lowest BCUT2D eigenvalue weighted by molar-refractivity contribution is -0.124. The molecule has 0 aliphatic heterocycles. The van der Waals surface area contributed by atoms with Gasteiger partial charge in [-0.1, -0.05) is 19.9 Å². The van der Waals surface area contributed by atoms with Crippen molar-refractivity contribution >= 4 is 11.9 Å². The van der Waals surface area contributed by atoms with Crippen molar-refractivity contribution in [2.75, 3.05) is 13.2 Å². The van der Waals surface area contributed by atoms with Crippen molar-refractivity contribution in [2.24, 2.45) is 5.92 Å². The van der Waals surface area contributed by atoms with Crippen LogP contribution in [0.5, 0.6) is 0 Å². The first kappa shape index (κ1) is 15.7. The number of esters is 1. The van der Waals surface area contributed by atoms with Crippen molar-refractivity contribution in [2.45, 2.75) is 20.3 Å². The van der Waals surface area contributed by atoms with Crippen LogP contribution in [0.25, 0.3) is 0 Å². The molecule has 0 aliphatic carbocycles. The molecule has 0 heterocycles. The summed E-state index contributed by atoms with van der Waals surface area (Å²) in [5.41, 5.74) is 0.639. The number of hydrogen-bond donors (Lipinski definition) is 1. The number of benzene rings is 1. The number of amides is 1. The molecule has 1 aromatic rings. The first-order chi connectivity index (χ1) is 9.52. The van der Waals surface area contributed by atoms with E-state index in [1.165, 1.54) is 6.07 Å². The minimum atomic E-state index is -0.610. The second kappa shape index (κ2) is 7.95. The molecule has 0 bridgehead atoms. The molecule has 0 unspecified atom stereocenters. The Morgan fingerprint density at radius 3 is 2.80 bits per heavy atom. The van der Waals surface area contributed by atoms with Gasteiger partial charge in [-0.15, -0.1) is 0 Å². The Hall–Kier alpha value is -2.35. The molecule has 0 saturated carbocycles. The number of ether oxygens (including phenoxy) is 1. The van der Waals surface area contributed by atoms with Gasteiger partial charge in [0, 0.05) is 6.54 Å². The zero-order valence-corrected chi connectivity index (χ0v) is 11.7. The van der Waals surface area contributed by atoms with E-state index in [0.29, 0.717) is 18.0 Å². The molecule has 20 heavy (non-hydrogen) atoms. The molecule has 1 aromatic carbocycles. The van der Waals surface area contributed by atoms with Crippen molar-refractivity contribution in [3.05, 3.63) is 35.4 Å². The first-order valence-corrected chi connectivity index (χ1v) is 6.47. The van der Waals surface area contributed by atoms with E-state index in [4.69, 9.17) is 10.00 Å². The number of nitrogens with one attached hydrogen (secondary N) is 1. The molecule has 5 heteroatoms. The van der Waals surface area contributed by atoms with Crippen LogP contribution in [0.1, 0.15) is 36.2 Å². The predicted octanol–water partition coefficient (Wildman–Crippen LogP) is 1.88. The quantitative estimate of drug-likeness (QED) is 0.803. The van der Waals surface area contributed by atoms with Gasteiger partial charge in [-0.2, -0.15) is 5.26 Å². The lowest BCUT2D eigenvalue weighted by atomic mass is 10.1. The molecule has 1 amide bonds. The zero-order valence-electron chi connectivity index (χ0n) is 11.7. The Balaban J connectivity index is 2.39. The van der Waals surface area contributed by atoms with Crippen LogP contribution in [0.4, 0.5) is 0 Å². The average Bonchev–Trinajstić information content (AvgIpc) is 2.44. The molecule has 0 saturated heterocycles. The number of hydrogen-bond acceptors (Lipinski definition) is 4. The molecule has 0 atom stereocenters. The summed E-state index contributed by atoms with van der Waals surface area (Å²) in [6.45, 7) is 4.38. The molecule has 106 valence electrons. The third kappa shape index (κ3) is 5.53. The van der Waals surface area contributed by atoms with Crippen molar-refractivity contribution in [1.82, 2.24) is 5.32 Å². The van der Waals surface area contributed by atoms with Gasteiger partial charge in [0.2, 0.25) is 0 Å². The van der Waals surface area contributed by atoms with Crippen molar-refractivity contribution in [3.63, 3.8) is 0 Å². The van der Waals surface area contributed by atoms with Gasteiger partial charge >= 0.3 is 5.97 Å². The second-order valence-electron chi connectivity index (χ2n) is 4.80. The molecule has 0 fully saturated rings. The summed E-state index contributed by atoms with van der Waals surface area (Å²) < 4.78 is 4.89. The van der Waals surface area contributed by atoms with Crippen molar-refractivity contribution < 1.29 is 14.3 Å². The summed E-state index contributed by atoms with van der Waals surface area (Å²) in [6.07, 6.45) is 0.879. The monoisotopic (exact) mass is 274 g/mol. The first-order valence-electron chi connectivity index (χ1n) is 6.47. The third-order valence-electron chi connectivity index (χ3n) is 2.61. The van der Waals surface area contributed by atoms with E-state index >= 15 is 0 Å². The van der Waals surface area contributed by atoms with E-state index in [0.717, 1.165) is 6.42 Å². The van der Waals surface area contributed by atoms with Crippen LogP contribution in [0.2, 0.25) is 0 Å². The van der Waals surface area contributed by atoms with Gasteiger partial charge in [0.1, 0.15) is 0 Å². The average molecular weight is 274 g/mol. The van der Waals surface area contributed by atoms with E-state index in [1.807, 2.05) is 6.07 Å². The summed E-state index contributed by atoms with van der Waals surface area (Å²) in [6, 6.07) is 8.10. The summed E-state index contributed by atoms with van der Waals surface area (Å²) in [5, 5.41) is 11.4. The van der Waals surface area contributed by atoms with Gasteiger partial charge in [-0.05, 0) is 30.5 Å². The molecule has 0 spiro atoms. The van der Waals surface area contributed by atoms with Crippen molar-refractivity contribution in [3.8, 4) is 6.07 Å². The van der Waals surface area contributed by atoms with E-state index in [1.54, 1.807) is 18.2 Å². The highest BCUT2D eigenvalue weighted by Gasteiger charge is 2.10. The minimum Gasteiger partial charge on any atom is -0.452 e. The minimum absolute atomic E-state index is 0.263. The van der Waals surface area contributed by atoms with E-state index in [2.05, 4.69) is 19.2 Å². The lowest BCUT2D eigenvalue weighted by Gasteiger charge is -2.08. The Morgan fingerprint density at radius 1 is 1.40 bits per heavy atom. The number of carbonyl (C=O) groups is 2. The Labute approximate surface area is 118 Å². The molecular weight excluding hydrogens is 256 g/mol. The van der Waals surface area contributed by atoms with Crippen LogP contribution < -0.4 is 5.32 Å². The van der Waals surface area contributed by atoms with E-state index in [9.17, 15) is 9.59 Å². The topological polar surface area (TPSA) is 79.2 Å². The van der Waals surface area contributed by atoms with Crippen molar-refractivity contribution in [1.29, 1.82) is 5.26 Å². The van der Waals surface area contributed by atoms with Gasteiger partial charge in [-0.3, -0.25) is 4.79 Å². The summed E-state index contributed by atoms with van der Waals surface area (Å²) in [5.74, 6) is -0.428. The van der Waals surface area contributed by atoms with Gasteiger partial charge in [0.25, 0.3) is 5.91 Å². The van der Waals surface area contributed by atoms with Gasteiger partial charge in [0.15, 0.2) is 6.61 Å². The predicted molar refractivity (Wildman–Crippen MR) is 73.9 cm³/mol. The second-order valence-corrected chi connectivity index (χ2v) is 4.80. The van der Waals surface area contributed by atoms with Crippen LogP contribution in [0, 0.1) is 17.2 Å². The number of rotatable bonds is 6. The SMILES string of the molecule is CC(C)CCNC(=O)COC(=O)c1cccc(C#N)c1. The largest absolute Gasteiger partial charge is 0.452 e. The third-order valence-corrected chi connectivity index (χ3v) is 2.61. The summed E-state index contributed by atoms with van der Waals surface area (Å²) >= 11 is 0. The lowest BCUT2D eigenvalue weighted by Crippen LogP contribution is -2.30. The van der Waals surface area contributed by atoms with Crippen LogP contribution in [0.3, 0.4) is 0 Å².